The molecule has 0 saturated carbocycles. The lowest BCUT2D eigenvalue weighted by Crippen LogP contribution is -2.50. The van der Waals surface area contributed by atoms with E-state index in [2.05, 4.69) is 19.6 Å². The Labute approximate surface area is 171 Å². The van der Waals surface area contributed by atoms with Crippen LogP contribution in [0, 0.1) is 11.6 Å². The van der Waals surface area contributed by atoms with Gasteiger partial charge >= 0.3 is 6.03 Å². The molecular weight excluding hydrogens is 396 g/mol. The molecule has 1 saturated heterocycles. The average molecular weight is 415 g/mol. The van der Waals surface area contributed by atoms with Crippen molar-refractivity contribution in [1.82, 2.24) is 14.3 Å². The number of aromatic nitrogens is 2. The van der Waals surface area contributed by atoms with Gasteiger partial charge < -0.3 is 15.1 Å². The molecule has 0 aliphatic carbocycles. The van der Waals surface area contributed by atoms with E-state index in [9.17, 15) is 13.6 Å². The lowest BCUT2D eigenvalue weighted by molar-refractivity contribution is 0.208. The molecule has 1 N–H and O–H groups in total. The van der Waals surface area contributed by atoms with E-state index in [1.807, 2.05) is 0 Å². The smallest absolute Gasteiger partial charge is 0.321 e. The van der Waals surface area contributed by atoms with Crippen molar-refractivity contribution < 1.29 is 13.6 Å². The number of urea groups is 1. The number of hydrogen-bond acceptors (Lipinski definition) is 5. The van der Waals surface area contributed by atoms with Crippen molar-refractivity contribution in [1.29, 1.82) is 0 Å². The molecule has 1 aliphatic heterocycles. The Morgan fingerprint density at radius 2 is 1.79 bits per heavy atom. The van der Waals surface area contributed by atoms with Crippen LogP contribution in [0.15, 0.2) is 48.5 Å². The Balaban J connectivity index is 1.31. The normalized spacial score (nSPS) is 14.1. The number of carbonyl (C=O) groups is 1. The van der Waals surface area contributed by atoms with Gasteiger partial charge in [0.2, 0.25) is 5.13 Å². The summed E-state index contributed by atoms with van der Waals surface area (Å²) in [4.78, 5) is 20.7. The van der Waals surface area contributed by atoms with Crippen molar-refractivity contribution in [3.05, 3.63) is 71.6 Å². The van der Waals surface area contributed by atoms with Crippen LogP contribution in [0.25, 0.3) is 0 Å². The lowest BCUT2D eigenvalue weighted by atomic mass is 10.1. The second kappa shape index (κ2) is 8.52. The minimum atomic E-state index is -0.389. The van der Waals surface area contributed by atoms with Gasteiger partial charge in [0.15, 0.2) is 0 Å². The molecule has 0 atom stereocenters. The summed E-state index contributed by atoms with van der Waals surface area (Å²) in [5.41, 5.74) is 1.39. The van der Waals surface area contributed by atoms with E-state index in [0.29, 0.717) is 44.1 Å². The number of anilines is 2. The lowest BCUT2D eigenvalue weighted by Gasteiger charge is -2.34. The van der Waals surface area contributed by atoms with Crippen LogP contribution >= 0.6 is 11.5 Å². The van der Waals surface area contributed by atoms with Crippen molar-refractivity contribution in [2.45, 2.75) is 6.42 Å². The highest BCUT2D eigenvalue weighted by Gasteiger charge is 2.23. The summed E-state index contributed by atoms with van der Waals surface area (Å²) < 4.78 is 30.7. The molecule has 150 valence electrons. The minimum Gasteiger partial charge on any atom is -0.343 e. The van der Waals surface area contributed by atoms with Crippen LogP contribution in [0.3, 0.4) is 0 Å². The van der Waals surface area contributed by atoms with Crippen LogP contribution in [0.4, 0.5) is 24.4 Å². The summed E-state index contributed by atoms with van der Waals surface area (Å²) in [7, 11) is 0. The maximum Gasteiger partial charge on any atom is 0.321 e. The van der Waals surface area contributed by atoms with Gasteiger partial charge in [-0.3, -0.25) is 0 Å². The molecule has 2 heterocycles. The fraction of sp³-hybridized carbons (Fsp3) is 0.250. The molecule has 1 fully saturated rings. The van der Waals surface area contributed by atoms with E-state index >= 15 is 0 Å². The maximum absolute atomic E-state index is 13.3. The molecule has 3 aromatic rings. The molecule has 6 nitrogen and oxygen atoms in total. The monoisotopic (exact) mass is 415 g/mol. The third-order valence-electron chi connectivity index (χ3n) is 4.65. The Morgan fingerprint density at radius 1 is 1.03 bits per heavy atom. The molecule has 29 heavy (non-hydrogen) atoms. The number of rotatable bonds is 4. The first-order chi connectivity index (χ1) is 14.1. The molecule has 1 aliphatic rings. The second-order valence-corrected chi connectivity index (χ2v) is 7.44. The standard InChI is InChI=1S/C20H19F2N5OS/c21-15-6-4-14(5-7-15)12-18-24-20(29-25-18)27-10-8-26(9-11-27)19(28)23-17-3-1-2-16(22)13-17/h1-7,13H,8-12H2,(H,23,28). The maximum atomic E-state index is 13.3. The van der Waals surface area contributed by atoms with E-state index in [1.165, 1.54) is 35.8 Å². The minimum absolute atomic E-state index is 0.246. The van der Waals surface area contributed by atoms with Gasteiger partial charge in [-0.2, -0.15) is 4.37 Å². The van der Waals surface area contributed by atoms with E-state index in [1.54, 1.807) is 29.2 Å². The summed E-state index contributed by atoms with van der Waals surface area (Å²) in [5, 5.41) is 3.53. The molecule has 9 heteroatoms. The number of piperazine rings is 1. The highest BCUT2D eigenvalue weighted by molar-refractivity contribution is 7.09. The molecular formula is C20H19F2N5OS. The largest absolute Gasteiger partial charge is 0.343 e. The van der Waals surface area contributed by atoms with Crippen molar-refractivity contribution in [3.8, 4) is 0 Å². The van der Waals surface area contributed by atoms with Crippen LogP contribution in [-0.4, -0.2) is 46.5 Å². The molecule has 4 rings (SSSR count). The summed E-state index contributed by atoms with van der Waals surface area (Å²) in [5.74, 6) is 0.0446. The zero-order valence-corrected chi connectivity index (χ0v) is 16.3. The topological polar surface area (TPSA) is 61.4 Å². The predicted octanol–water partition coefficient (Wildman–Crippen LogP) is 3.76. The van der Waals surface area contributed by atoms with Crippen molar-refractivity contribution in [2.75, 3.05) is 36.4 Å². The van der Waals surface area contributed by atoms with Crippen molar-refractivity contribution >= 4 is 28.4 Å². The molecule has 0 bridgehead atoms. The molecule has 1 aromatic heterocycles. The third kappa shape index (κ3) is 4.86. The third-order valence-corrected chi connectivity index (χ3v) is 5.46. The number of hydrogen-bond donors (Lipinski definition) is 1. The number of nitrogens with zero attached hydrogens (tertiary/aromatic N) is 4. The van der Waals surface area contributed by atoms with Gasteiger partial charge in [-0.25, -0.2) is 18.6 Å². The highest BCUT2D eigenvalue weighted by Crippen LogP contribution is 2.21. The van der Waals surface area contributed by atoms with Crippen LogP contribution in [0.2, 0.25) is 0 Å². The first-order valence-corrected chi connectivity index (χ1v) is 9.97. The molecule has 0 radical (unpaired) electrons. The highest BCUT2D eigenvalue weighted by atomic mass is 32.1. The SMILES string of the molecule is O=C(Nc1cccc(F)c1)N1CCN(c2nc(Cc3ccc(F)cc3)ns2)CC1. The van der Waals surface area contributed by atoms with Gasteiger partial charge in [0, 0.05) is 49.8 Å². The first kappa shape index (κ1) is 19.3. The number of halogens is 2. The van der Waals surface area contributed by atoms with E-state index < -0.39 is 0 Å². The molecule has 0 unspecified atom stereocenters. The zero-order chi connectivity index (χ0) is 20.2. The van der Waals surface area contributed by atoms with E-state index in [0.717, 1.165) is 10.7 Å². The van der Waals surface area contributed by atoms with Crippen LogP contribution in [0.1, 0.15) is 11.4 Å². The van der Waals surface area contributed by atoms with Crippen molar-refractivity contribution in [2.24, 2.45) is 0 Å². The van der Waals surface area contributed by atoms with Gasteiger partial charge in [-0.15, -0.1) is 0 Å². The predicted molar refractivity (Wildman–Crippen MR) is 108 cm³/mol. The average Bonchev–Trinajstić information content (AvgIpc) is 3.18. The number of nitrogens with one attached hydrogen (secondary N) is 1. The Kier molecular flexibility index (Phi) is 5.66. The Bertz CT molecular complexity index is 987. The Hall–Kier alpha value is -3.07. The Morgan fingerprint density at radius 3 is 2.52 bits per heavy atom. The zero-order valence-electron chi connectivity index (χ0n) is 15.5. The molecule has 2 amide bonds. The fourth-order valence-electron chi connectivity index (χ4n) is 3.10. The van der Waals surface area contributed by atoms with Gasteiger partial charge in [-0.05, 0) is 35.9 Å². The van der Waals surface area contributed by atoms with Gasteiger partial charge in [-0.1, -0.05) is 18.2 Å². The molecule has 0 spiro atoms. The summed E-state index contributed by atoms with van der Waals surface area (Å²) in [6, 6.07) is 11.9. The number of benzene rings is 2. The van der Waals surface area contributed by atoms with Gasteiger partial charge in [0.1, 0.15) is 17.5 Å². The van der Waals surface area contributed by atoms with Crippen molar-refractivity contribution in [3.63, 3.8) is 0 Å². The number of amides is 2. The summed E-state index contributed by atoms with van der Waals surface area (Å²) >= 11 is 1.32. The van der Waals surface area contributed by atoms with Gasteiger partial charge in [0.05, 0.1) is 0 Å². The van der Waals surface area contributed by atoms with Gasteiger partial charge in [0.25, 0.3) is 0 Å². The fourth-order valence-corrected chi connectivity index (χ4v) is 3.84. The van der Waals surface area contributed by atoms with Crippen LogP contribution in [0.5, 0.6) is 0 Å². The summed E-state index contributed by atoms with van der Waals surface area (Å²) in [6.45, 7) is 2.35. The molecule has 2 aromatic carbocycles. The first-order valence-electron chi connectivity index (χ1n) is 9.20. The van der Waals surface area contributed by atoms with E-state index in [4.69, 9.17) is 0 Å². The number of carbonyl (C=O) groups excluding carboxylic acids is 1. The summed E-state index contributed by atoms with van der Waals surface area (Å²) in [6.07, 6.45) is 0.548. The van der Waals surface area contributed by atoms with E-state index in [-0.39, 0.29) is 17.7 Å². The van der Waals surface area contributed by atoms with Crippen LogP contribution in [-0.2, 0) is 6.42 Å². The quantitative estimate of drug-likeness (QED) is 0.705. The van der Waals surface area contributed by atoms with Crippen LogP contribution < -0.4 is 10.2 Å². The second-order valence-electron chi connectivity index (χ2n) is 6.71.